The molecule has 0 aromatic carbocycles. The average molecular weight is 296 g/mol. The Hall–Kier alpha value is -0.630. The Balaban J connectivity index is 2.81. The molecule has 2 N–H and O–H groups in total. The lowest BCUT2D eigenvalue weighted by Crippen LogP contribution is -2.40. The number of imidazole rings is 1. The minimum atomic E-state index is -3.80. The predicted octanol–water partition coefficient (Wildman–Crippen LogP) is 0.903. The van der Waals surface area contributed by atoms with Crippen LogP contribution < -0.4 is 4.72 Å². The molecule has 0 saturated carbocycles. The minimum Gasteiger partial charge on any atom is -0.389 e. The van der Waals surface area contributed by atoms with E-state index in [0.29, 0.717) is 6.42 Å². The zero-order valence-corrected chi connectivity index (χ0v) is 12.2. The number of hydrogen-bond acceptors (Lipinski definition) is 4. The fourth-order valence-electron chi connectivity index (χ4n) is 1.52. The van der Waals surface area contributed by atoms with Gasteiger partial charge in [-0.2, -0.15) is 0 Å². The molecule has 104 valence electrons. The highest BCUT2D eigenvalue weighted by atomic mass is 35.5. The molecule has 0 bridgehead atoms. The van der Waals surface area contributed by atoms with E-state index in [1.807, 2.05) is 6.92 Å². The molecule has 1 aromatic heterocycles. The van der Waals surface area contributed by atoms with Crippen LogP contribution in [0.4, 0.5) is 0 Å². The van der Waals surface area contributed by atoms with Crippen LogP contribution in [0.3, 0.4) is 0 Å². The highest BCUT2D eigenvalue weighted by Gasteiger charge is 2.26. The molecular formula is C10H18ClN3O3S. The molecule has 1 heterocycles. The number of nitrogens with one attached hydrogen (secondary N) is 1. The van der Waals surface area contributed by atoms with Gasteiger partial charge in [-0.05, 0) is 13.3 Å². The van der Waals surface area contributed by atoms with Crippen molar-refractivity contribution in [2.45, 2.75) is 37.3 Å². The summed E-state index contributed by atoms with van der Waals surface area (Å²) >= 11 is 5.82. The van der Waals surface area contributed by atoms with Crippen LogP contribution in [0, 0.1) is 0 Å². The third-order valence-corrected chi connectivity index (χ3v) is 4.41. The molecule has 0 spiro atoms. The quantitative estimate of drug-likeness (QED) is 0.817. The summed E-state index contributed by atoms with van der Waals surface area (Å²) in [6.45, 7) is 3.42. The van der Waals surface area contributed by atoms with Gasteiger partial charge in [-0.3, -0.25) is 0 Å². The number of nitrogens with zero attached hydrogens (tertiary/aromatic N) is 2. The Kier molecular flexibility index (Phi) is 4.77. The smallest absolute Gasteiger partial charge is 0.261 e. The molecule has 6 nitrogen and oxygen atoms in total. The maximum Gasteiger partial charge on any atom is 0.261 e. The molecule has 0 aliphatic carbocycles. The standard InChI is InChI=1S/C10H18ClN3O3S/c1-4-5-10(2,15)6-13-18(16,17)9-8(11)14(3)7-12-9/h7,13,15H,4-6H2,1-3H3. The summed E-state index contributed by atoms with van der Waals surface area (Å²) in [6.07, 6.45) is 2.59. The first-order valence-electron chi connectivity index (χ1n) is 5.58. The van der Waals surface area contributed by atoms with Crippen LogP contribution in [0.5, 0.6) is 0 Å². The van der Waals surface area contributed by atoms with E-state index in [9.17, 15) is 13.5 Å². The second-order valence-corrected chi connectivity index (χ2v) is 6.56. The molecule has 1 aromatic rings. The van der Waals surface area contributed by atoms with E-state index in [0.717, 1.165) is 6.42 Å². The third kappa shape index (κ3) is 3.68. The van der Waals surface area contributed by atoms with Gasteiger partial charge in [0.25, 0.3) is 10.0 Å². The molecule has 8 heteroatoms. The normalized spacial score (nSPS) is 15.6. The molecule has 0 radical (unpaired) electrons. The van der Waals surface area contributed by atoms with Crippen LogP contribution in [0.15, 0.2) is 11.4 Å². The van der Waals surface area contributed by atoms with E-state index in [1.54, 1.807) is 14.0 Å². The van der Waals surface area contributed by atoms with E-state index in [1.165, 1.54) is 10.9 Å². The molecule has 0 amide bonds. The van der Waals surface area contributed by atoms with E-state index in [2.05, 4.69) is 9.71 Å². The lowest BCUT2D eigenvalue weighted by molar-refractivity contribution is 0.0554. The van der Waals surface area contributed by atoms with Gasteiger partial charge in [0, 0.05) is 13.6 Å². The monoisotopic (exact) mass is 295 g/mol. The largest absolute Gasteiger partial charge is 0.389 e. The summed E-state index contributed by atoms with van der Waals surface area (Å²) in [4.78, 5) is 3.73. The van der Waals surface area contributed by atoms with Gasteiger partial charge in [-0.15, -0.1) is 0 Å². The van der Waals surface area contributed by atoms with Crippen molar-refractivity contribution in [3.05, 3.63) is 11.5 Å². The van der Waals surface area contributed by atoms with Crippen molar-refractivity contribution in [1.82, 2.24) is 14.3 Å². The van der Waals surface area contributed by atoms with E-state index < -0.39 is 15.6 Å². The minimum absolute atomic E-state index is 0.0395. The first-order chi connectivity index (χ1) is 8.19. The van der Waals surface area contributed by atoms with Crippen molar-refractivity contribution in [2.75, 3.05) is 6.54 Å². The van der Waals surface area contributed by atoms with Crippen molar-refractivity contribution in [3.8, 4) is 0 Å². The molecular weight excluding hydrogens is 278 g/mol. The van der Waals surface area contributed by atoms with Crippen molar-refractivity contribution >= 4 is 21.6 Å². The molecule has 18 heavy (non-hydrogen) atoms. The third-order valence-electron chi connectivity index (χ3n) is 2.52. The SMILES string of the molecule is CCCC(C)(O)CNS(=O)(=O)c1ncn(C)c1Cl. The number of halogens is 1. The summed E-state index contributed by atoms with van der Waals surface area (Å²) in [5.41, 5.74) is -1.08. The highest BCUT2D eigenvalue weighted by molar-refractivity contribution is 7.89. The average Bonchev–Trinajstić information content (AvgIpc) is 2.58. The Morgan fingerprint density at radius 1 is 1.61 bits per heavy atom. The fourth-order valence-corrected chi connectivity index (χ4v) is 3.11. The summed E-state index contributed by atoms with van der Waals surface area (Å²) in [5.74, 6) is 0. The van der Waals surface area contributed by atoms with Crippen LogP contribution in [-0.4, -0.2) is 35.2 Å². The van der Waals surface area contributed by atoms with Crippen LogP contribution in [-0.2, 0) is 17.1 Å². The summed E-state index contributed by atoms with van der Waals surface area (Å²) in [6, 6.07) is 0. The van der Waals surface area contributed by atoms with Crippen LogP contribution in [0.25, 0.3) is 0 Å². The van der Waals surface area contributed by atoms with Gasteiger partial charge in [0.1, 0.15) is 5.15 Å². The van der Waals surface area contributed by atoms with Gasteiger partial charge in [0.2, 0.25) is 5.03 Å². The lowest BCUT2D eigenvalue weighted by atomic mass is 10.0. The topological polar surface area (TPSA) is 84.2 Å². The van der Waals surface area contributed by atoms with Gasteiger partial charge >= 0.3 is 0 Å². The van der Waals surface area contributed by atoms with Gasteiger partial charge in [-0.1, -0.05) is 24.9 Å². The van der Waals surface area contributed by atoms with E-state index in [-0.39, 0.29) is 16.7 Å². The molecule has 0 aliphatic heterocycles. The van der Waals surface area contributed by atoms with Crippen molar-refractivity contribution in [1.29, 1.82) is 0 Å². The summed E-state index contributed by atoms with van der Waals surface area (Å²) < 4.78 is 27.6. The zero-order valence-electron chi connectivity index (χ0n) is 10.6. The molecule has 0 aliphatic rings. The number of sulfonamides is 1. The van der Waals surface area contributed by atoms with Gasteiger partial charge in [0.05, 0.1) is 11.9 Å². The molecule has 1 unspecified atom stereocenters. The highest BCUT2D eigenvalue weighted by Crippen LogP contribution is 2.19. The maximum absolute atomic E-state index is 11.9. The van der Waals surface area contributed by atoms with Crippen molar-refractivity contribution in [3.63, 3.8) is 0 Å². The Morgan fingerprint density at radius 3 is 2.67 bits per heavy atom. The van der Waals surface area contributed by atoms with Gasteiger partial charge < -0.3 is 9.67 Å². The molecule has 0 fully saturated rings. The maximum atomic E-state index is 11.9. The number of hydrogen-bond donors (Lipinski definition) is 2. The predicted molar refractivity (Wildman–Crippen MR) is 68.9 cm³/mol. The molecule has 0 saturated heterocycles. The molecule has 1 rings (SSSR count). The lowest BCUT2D eigenvalue weighted by Gasteiger charge is -2.22. The number of aliphatic hydroxyl groups is 1. The second kappa shape index (κ2) is 5.56. The summed E-state index contributed by atoms with van der Waals surface area (Å²) in [7, 11) is -2.20. The second-order valence-electron chi connectivity index (χ2n) is 4.52. The fraction of sp³-hybridized carbons (Fsp3) is 0.700. The van der Waals surface area contributed by atoms with Gasteiger partial charge in [0.15, 0.2) is 0 Å². The van der Waals surface area contributed by atoms with E-state index >= 15 is 0 Å². The number of rotatable bonds is 6. The first kappa shape index (κ1) is 15.4. The van der Waals surface area contributed by atoms with Gasteiger partial charge in [-0.25, -0.2) is 18.1 Å². The molecule has 1 atom stereocenters. The van der Waals surface area contributed by atoms with Crippen molar-refractivity contribution in [2.24, 2.45) is 7.05 Å². The Labute approximate surface area is 112 Å². The van der Waals surface area contributed by atoms with Crippen LogP contribution in [0.2, 0.25) is 5.15 Å². The van der Waals surface area contributed by atoms with Crippen LogP contribution in [0.1, 0.15) is 26.7 Å². The van der Waals surface area contributed by atoms with Crippen molar-refractivity contribution < 1.29 is 13.5 Å². The number of aromatic nitrogens is 2. The Bertz CT molecular complexity index is 510. The first-order valence-corrected chi connectivity index (χ1v) is 7.44. The summed E-state index contributed by atoms with van der Waals surface area (Å²) in [5, 5.41) is 9.73. The Morgan fingerprint density at radius 2 is 2.22 bits per heavy atom. The number of aryl methyl sites for hydroxylation is 1. The van der Waals surface area contributed by atoms with Crippen LogP contribution >= 0.6 is 11.6 Å². The zero-order chi connectivity index (χ0) is 14.0. The van der Waals surface area contributed by atoms with E-state index in [4.69, 9.17) is 11.6 Å².